The minimum Gasteiger partial charge on any atom is -0.316 e. The van der Waals surface area contributed by atoms with Crippen molar-refractivity contribution >= 4 is 0 Å². The van der Waals surface area contributed by atoms with Gasteiger partial charge in [0.25, 0.3) is 0 Å². The van der Waals surface area contributed by atoms with Crippen molar-refractivity contribution in [2.75, 3.05) is 52.9 Å². The van der Waals surface area contributed by atoms with Crippen LogP contribution in [0, 0.1) is 5.92 Å². The highest BCUT2D eigenvalue weighted by Gasteiger charge is 2.18. The molecule has 2 heterocycles. The molecule has 0 aliphatic carbocycles. The molecule has 1 atom stereocenters. The number of hydrogen-bond donors (Lipinski definition) is 1. The van der Waals surface area contributed by atoms with Crippen LogP contribution in [0.2, 0.25) is 0 Å². The van der Waals surface area contributed by atoms with Gasteiger partial charge in [-0.2, -0.15) is 0 Å². The summed E-state index contributed by atoms with van der Waals surface area (Å²) in [6.07, 6.45) is 5.54. The van der Waals surface area contributed by atoms with E-state index in [0.29, 0.717) is 0 Å². The van der Waals surface area contributed by atoms with Gasteiger partial charge in [0.05, 0.1) is 0 Å². The fourth-order valence-corrected chi connectivity index (χ4v) is 2.93. The van der Waals surface area contributed by atoms with E-state index in [4.69, 9.17) is 0 Å². The molecule has 0 spiro atoms. The summed E-state index contributed by atoms with van der Waals surface area (Å²) in [6, 6.07) is 0. The summed E-state index contributed by atoms with van der Waals surface area (Å²) < 4.78 is 0. The minimum absolute atomic E-state index is 0.900. The highest BCUT2D eigenvalue weighted by atomic mass is 15.1. The second-order valence-corrected chi connectivity index (χ2v) is 5.52. The van der Waals surface area contributed by atoms with E-state index in [1.807, 2.05) is 0 Å². The van der Waals surface area contributed by atoms with Crippen LogP contribution in [0.3, 0.4) is 0 Å². The lowest BCUT2D eigenvalue weighted by molar-refractivity contribution is 0.328. The van der Waals surface area contributed by atoms with Crippen molar-refractivity contribution in [3.63, 3.8) is 0 Å². The summed E-state index contributed by atoms with van der Waals surface area (Å²) in [5, 5.41) is 3.62. The molecule has 2 saturated heterocycles. The Hall–Kier alpha value is -0.120. The molecule has 3 heteroatoms. The largest absolute Gasteiger partial charge is 0.316 e. The Morgan fingerprint density at radius 1 is 1.19 bits per heavy atom. The van der Waals surface area contributed by atoms with E-state index in [1.165, 1.54) is 71.5 Å². The summed E-state index contributed by atoms with van der Waals surface area (Å²) >= 11 is 0. The van der Waals surface area contributed by atoms with Gasteiger partial charge in [-0.25, -0.2) is 0 Å². The van der Waals surface area contributed by atoms with Crippen molar-refractivity contribution in [2.45, 2.75) is 25.7 Å². The lowest BCUT2D eigenvalue weighted by atomic mass is 10.1. The molecule has 2 fully saturated rings. The fourth-order valence-electron chi connectivity index (χ4n) is 2.93. The van der Waals surface area contributed by atoms with E-state index in [0.717, 1.165) is 5.92 Å². The number of likely N-dealkylation sites (tertiary alicyclic amines) is 2. The number of rotatable bonds is 6. The van der Waals surface area contributed by atoms with Crippen molar-refractivity contribution in [1.29, 1.82) is 0 Å². The molecular formula is C13H27N3. The van der Waals surface area contributed by atoms with Gasteiger partial charge in [-0.05, 0) is 77.9 Å². The van der Waals surface area contributed by atoms with Gasteiger partial charge in [0.2, 0.25) is 0 Å². The predicted molar refractivity (Wildman–Crippen MR) is 68.8 cm³/mol. The average Bonchev–Trinajstić information content (AvgIpc) is 2.89. The monoisotopic (exact) mass is 225 g/mol. The molecule has 2 aliphatic heterocycles. The van der Waals surface area contributed by atoms with Crippen LogP contribution in [0.15, 0.2) is 0 Å². The molecular weight excluding hydrogens is 198 g/mol. The first-order valence-corrected chi connectivity index (χ1v) is 6.96. The van der Waals surface area contributed by atoms with Gasteiger partial charge >= 0.3 is 0 Å². The highest BCUT2D eigenvalue weighted by Crippen LogP contribution is 2.12. The first-order chi connectivity index (χ1) is 7.84. The number of hydrogen-bond acceptors (Lipinski definition) is 3. The maximum atomic E-state index is 3.62. The van der Waals surface area contributed by atoms with Gasteiger partial charge in [0, 0.05) is 6.54 Å². The van der Waals surface area contributed by atoms with Crippen molar-refractivity contribution in [2.24, 2.45) is 5.92 Å². The van der Waals surface area contributed by atoms with Crippen molar-refractivity contribution in [1.82, 2.24) is 15.1 Å². The molecule has 1 N–H and O–H groups in total. The van der Waals surface area contributed by atoms with Gasteiger partial charge in [-0.3, -0.25) is 0 Å². The number of nitrogens with zero attached hydrogens (tertiary/aromatic N) is 2. The molecule has 0 aromatic rings. The van der Waals surface area contributed by atoms with Crippen molar-refractivity contribution in [3.8, 4) is 0 Å². The van der Waals surface area contributed by atoms with Crippen LogP contribution in [-0.4, -0.2) is 62.7 Å². The Labute approximate surface area is 100 Å². The molecule has 16 heavy (non-hydrogen) atoms. The molecule has 0 aromatic heterocycles. The molecule has 1 unspecified atom stereocenters. The molecule has 3 nitrogen and oxygen atoms in total. The molecule has 0 saturated carbocycles. The van der Waals surface area contributed by atoms with E-state index in [-0.39, 0.29) is 0 Å². The van der Waals surface area contributed by atoms with E-state index >= 15 is 0 Å². The van der Waals surface area contributed by atoms with Gasteiger partial charge in [-0.15, -0.1) is 0 Å². The third-order valence-electron chi connectivity index (χ3n) is 3.95. The van der Waals surface area contributed by atoms with Gasteiger partial charge in [0.15, 0.2) is 0 Å². The fraction of sp³-hybridized carbons (Fsp3) is 1.00. The lowest BCUT2D eigenvalue weighted by Gasteiger charge is -2.15. The van der Waals surface area contributed by atoms with Crippen LogP contribution in [-0.2, 0) is 0 Å². The second-order valence-electron chi connectivity index (χ2n) is 5.52. The maximum Gasteiger partial charge on any atom is 0.00192 e. The lowest BCUT2D eigenvalue weighted by Crippen LogP contribution is -2.28. The Kier molecular flexibility index (Phi) is 5.07. The Balaban J connectivity index is 1.43. The van der Waals surface area contributed by atoms with E-state index in [1.54, 1.807) is 0 Å². The zero-order chi connectivity index (χ0) is 11.2. The number of nitrogens with one attached hydrogen (secondary N) is 1. The zero-order valence-corrected chi connectivity index (χ0v) is 10.7. The van der Waals surface area contributed by atoms with Crippen LogP contribution >= 0.6 is 0 Å². The third kappa shape index (κ3) is 4.04. The topological polar surface area (TPSA) is 18.5 Å². The average molecular weight is 225 g/mol. The molecule has 0 aromatic carbocycles. The first kappa shape index (κ1) is 12.3. The SMILES string of the molecule is CN1CCC(CNCCCN2CCCC2)C1. The first-order valence-electron chi connectivity index (χ1n) is 6.96. The quantitative estimate of drug-likeness (QED) is 0.681. The van der Waals surface area contributed by atoms with Crippen LogP contribution in [0.25, 0.3) is 0 Å². The summed E-state index contributed by atoms with van der Waals surface area (Å²) in [5.41, 5.74) is 0. The Bertz CT molecular complexity index is 190. The minimum atomic E-state index is 0.900. The molecule has 94 valence electrons. The van der Waals surface area contributed by atoms with Crippen LogP contribution in [0.4, 0.5) is 0 Å². The van der Waals surface area contributed by atoms with Crippen molar-refractivity contribution in [3.05, 3.63) is 0 Å². The molecule has 2 rings (SSSR count). The summed E-state index contributed by atoms with van der Waals surface area (Å²) in [7, 11) is 2.23. The molecule has 0 radical (unpaired) electrons. The van der Waals surface area contributed by atoms with Crippen LogP contribution in [0.1, 0.15) is 25.7 Å². The maximum absolute atomic E-state index is 3.62. The predicted octanol–water partition coefficient (Wildman–Crippen LogP) is 1.01. The summed E-state index contributed by atoms with van der Waals surface area (Å²) in [4.78, 5) is 5.04. The molecule has 2 aliphatic rings. The summed E-state index contributed by atoms with van der Waals surface area (Å²) in [6.45, 7) is 9.00. The zero-order valence-electron chi connectivity index (χ0n) is 10.7. The highest BCUT2D eigenvalue weighted by molar-refractivity contribution is 4.74. The van der Waals surface area contributed by atoms with Gasteiger partial charge < -0.3 is 15.1 Å². The van der Waals surface area contributed by atoms with E-state index in [2.05, 4.69) is 22.2 Å². The Morgan fingerprint density at radius 3 is 2.69 bits per heavy atom. The van der Waals surface area contributed by atoms with Gasteiger partial charge in [-0.1, -0.05) is 0 Å². The normalized spacial score (nSPS) is 27.9. The second kappa shape index (κ2) is 6.58. The summed E-state index contributed by atoms with van der Waals surface area (Å²) in [5.74, 6) is 0.900. The van der Waals surface area contributed by atoms with Gasteiger partial charge in [0.1, 0.15) is 0 Å². The Morgan fingerprint density at radius 2 is 2.00 bits per heavy atom. The van der Waals surface area contributed by atoms with E-state index in [9.17, 15) is 0 Å². The smallest absolute Gasteiger partial charge is 0.00192 e. The van der Waals surface area contributed by atoms with Crippen LogP contribution < -0.4 is 5.32 Å². The van der Waals surface area contributed by atoms with Crippen molar-refractivity contribution < 1.29 is 0 Å². The van der Waals surface area contributed by atoms with E-state index < -0.39 is 0 Å². The molecule has 0 amide bonds. The molecule has 0 bridgehead atoms. The van der Waals surface area contributed by atoms with Crippen LogP contribution in [0.5, 0.6) is 0 Å². The third-order valence-corrected chi connectivity index (χ3v) is 3.95. The standard InChI is InChI=1S/C13H27N3/c1-15-10-5-13(12-15)11-14-6-4-9-16-7-2-3-8-16/h13-14H,2-12H2,1H3.